The van der Waals surface area contributed by atoms with E-state index in [1.54, 1.807) is 0 Å². The highest BCUT2D eigenvalue weighted by atomic mass is 16.6. The van der Waals surface area contributed by atoms with Crippen LogP contribution in [0.4, 0.5) is 0 Å². The molecule has 1 atom stereocenters. The number of esters is 3. The van der Waals surface area contributed by atoms with Gasteiger partial charge >= 0.3 is 17.9 Å². The highest BCUT2D eigenvalue weighted by Crippen LogP contribution is 2.16. The monoisotopic (exact) mass is 869 g/mol. The van der Waals surface area contributed by atoms with E-state index in [9.17, 15) is 14.4 Å². The third-order valence-electron chi connectivity index (χ3n) is 11.6. The summed E-state index contributed by atoms with van der Waals surface area (Å²) >= 11 is 0. The van der Waals surface area contributed by atoms with Gasteiger partial charge < -0.3 is 14.2 Å². The average Bonchev–Trinajstić information content (AvgIpc) is 3.27. The summed E-state index contributed by atoms with van der Waals surface area (Å²) in [5, 5.41) is 0. The van der Waals surface area contributed by atoms with E-state index in [4.69, 9.17) is 14.2 Å². The zero-order chi connectivity index (χ0) is 45.1. The minimum Gasteiger partial charge on any atom is -0.462 e. The molecule has 0 fully saturated rings. The molecule has 0 aromatic rings. The smallest absolute Gasteiger partial charge is 0.306 e. The summed E-state index contributed by atoms with van der Waals surface area (Å²) in [6.07, 6.45) is 61.0. The SMILES string of the molecule is CC\C=C/C=C\C=C/CCCCCCCC(=O)OC(COC(=O)CCCCC/C=C\CCCCCCCC)COC(=O)CCCCCCCCCCCCCCCCCCCC. The zero-order valence-electron chi connectivity index (χ0n) is 41.1. The minimum absolute atomic E-state index is 0.0838. The third-order valence-corrected chi connectivity index (χ3v) is 11.6. The van der Waals surface area contributed by atoms with Gasteiger partial charge in [0.25, 0.3) is 0 Å². The van der Waals surface area contributed by atoms with E-state index in [0.29, 0.717) is 19.3 Å². The Morgan fingerprint density at radius 2 is 0.645 bits per heavy atom. The van der Waals surface area contributed by atoms with Crippen LogP contribution in [0.25, 0.3) is 0 Å². The lowest BCUT2D eigenvalue weighted by atomic mass is 10.0. The predicted octanol–water partition coefficient (Wildman–Crippen LogP) is 17.5. The van der Waals surface area contributed by atoms with Gasteiger partial charge in [0.2, 0.25) is 0 Å². The van der Waals surface area contributed by atoms with E-state index in [-0.39, 0.29) is 31.1 Å². The average molecular weight is 869 g/mol. The Labute approximate surface area is 384 Å². The fraction of sp³-hybridized carbons (Fsp3) is 0.804. The molecule has 1 unspecified atom stereocenters. The van der Waals surface area contributed by atoms with Crippen LogP contribution in [0.1, 0.15) is 271 Å². The number of unbranched alkanes of at least 4 members (excludes halogenated alkanes) is 31. The van der Waals surface area contributed by atoms with E-state index >= 15 is 0 Å². The fourth-order valence-electron chi connectivity index (χ4n) is 7.61. The molecule has 0 bridgehead atoms. The van der Waals surface area contributed by atoms with Crippen molar-refractivity contribution in [1.82, 2.24) is 0 Å². The molecule has 0 aliphatic heterocycles. The Balaban J connectivity index is 4.35. The lowest BCUT2D eigenvalue weighted by Gasteiger charge is -2.18. The van der Waals surface area contributed by atoms with Crippen LogP contribution in [0, 0.1) is 0 Å². The maximum absolute atomic E-state index is 12.8. The molecule has 6 heteroatoms. The normalized spacial score (nSPS) is 12.4. The van der Waals surface area contributed by atoms with Crippen molar-refractivity contribution >= 4 is 17.9 Å². The first-order valence-electron chi connectivity index (χ1n) is 26.7. The van der Waals surface area contributed by atoms with Crippen LogP contribution >= 0.6 is 0 Å². The van der Waals surface area contributed by atoms with Gasteiger partial charge in [-0.1, -0.05) is 236 Å². The summed E-state index contributed by atoms with van der Waals surface area (Å²) in [6.45, 7) is 6.49. The molecule has 0 rings (SSSR count). The number of allylic oxidation sites excluding steroid dienone is 8. The van der Waals surface area contributed by atoms with Gasteiger partial charge in [-0.3, -0.25) is 14.4 Å². The summed E-state index contributed by atoms with van der Waals surface area (Å²) in [4.78, 5) is 38.0. The van der Waals surface area contributed by atoms with Gasteiger partial charge in [0.15, 0.2) is 6.10 Å². The molecule has 0 saturated heterocycles. The molecular formula is C56H100O6. The van der Waals surface area contributed by atoms with Crippen molar-refractivity contribution in [3.63, 3.8) is 0 Å². The van der Waals surface area contributed by atoms with Crippen LogP contribution in [-0.4, -0.2) is 37.2 Å². The van der Waals surface area contributed by atoms with Gasteiger partial charge in [-0.25, -0.2) is 0 Å². The molecule has 360 valence electrons. The molecular weight excluding hydrogens is 769 g/mol. The number of hydrogen-bond donors (Lipinski definition) is 0. The Hall–Kier alpha value is -2.63. The van der Waals surface area contributed by atoms with Crippen LogP contribution in [0.2, 0.25) is 0 Å². The summed E-state index contributed by atoms with van der Waals surface area (Å²) < 4.78 is 16.8. The Morgan fingerprint density at radius 1 is 0.339 bits per heavy atom. The van der Waals surface area contributed by atoms with Crippen LogP contribution in [0.3, 0.4) is 0 Å². The number of carbonyl (C=O) groups is 3. The number of hydrogen-bond acceptors (Lipinski definition) is 6. The first-order valence-corrected chi connectivity index (χ1v) is 26.7. The van der Waals surface area contributed by atoms with Gasteiger partial charge in [0.05, 0.1) is 0 Å². The molecule has 0 saturated carbocycles. The molecule has 0 heterocycles. The number of ether oxygens (including phenoxy) is 3. The highest BCUT2D eigenvalue weighted by molar-refractivity contribution is 5.71. The maximum Gasteiger partial charge on any atom is 0.306 e. The van der Waals surface area contributed by atoms with Crippen molar-refractivity contribution in [3.8, 4) is 0 Å². The van der Waals surface area contributed by atoms with Gasteiger partial charge in [-0.15, -0.1) is 0 Å². The van der Waals surface area contributed by atoms with Gasteiger partial charge in [0, 0.05) is 19.3 Å². The zero-order valence-corrected chi connectivity index (χ0v) is 41.1. The molecule has 0 aromatic carbocycles. The first-order chi connectivity index (χ1) is 30.5. The van der Waals surface area contributed by atoms with Crippen molar-refractivity contribution in [3.05, 3.63) is 48.6 Å². The summed E-state index contributed by atoms with van der Waals surface area (Å²) in [5.74, 6) is -0.912. The molecule has 0 N–H and O–H groups in total. The number of carbonyl (C=O) groups excluding carboxylic acids is 3. The van der Waals surface area contributed by atoms with Crippen LogP contribution < -0.4 is 0 Å². The Morgan fingerprint density at radius 3 is 1.03 bits per heavy atom. The first kappa shape index (κ1) is 59.4. The molecule has 0 aromatic heterocycles. The molecule has 0 aliphatic carbocycles. The summed E-state index contributed by atoms with van der Waals surface area (Å²) in [5.41, 5.74) is 0. The lowest BCUT2D eigenvalue weighted by Crippen LogP contribution is -2.30. The van der Waals surface area contributed by atoms with Crippen molar-refractivity contribution in [2.45, 2.75) is 277 Å². The van der Waals surface area contributed by atoms with E-state index in [1.807, 2.05) is 0 Å². The van der Waals surface area contributed by atoms with E-state index in [2.05, 4.69) is 69.4 Å². The van der Waals surface area contributed by atoms with Crippen LogP contribution in [0.15, 0.2) is 48.6 Å². The molecule has 62 heavy (non-hydrogen) atoms. The van der Waals surface area contributed by atoms with Crippen molar-refractivity contribution in [2.75, 3.05) is 13.2 Å². The van der Waals surface area contributed by atoms with Crippen LogP contribution in [0.5, 0.6) is 0 Å². The summed E-state index contributed by atoms with van der Waals surface area (Å²) in [6, 6.07) is 0. The van der Waals surface area contributed by atoms with E-state index < -0.39 is 6.10 Å². The van der Waals surface area contributed by atoms with E-state index in [0.717, 1.165) is 96.3 Å². The maximum atomic E-state index is 12.8. The van der Waals surface area contributed by atoms with Gasteiger partial charge in [-0.05, 0) is 64.2 Å². The quantitative estimate of drug-likeness (QED) is 0.0199. The fourth-order valence-corrected chi connectivity index (χ4v) is 7.61. The van der Waals surface area contributed by atoms with Gasteiger partial charge in [-0.2, -0.15) is 0 Å². The summed E-state index contributed by atoms with van der Waals surface area (Å²) in [7, 11) is 0. The standard InChI is InChI=1S/C56H100O6/c1-4-7-10-13-16-19-22-25-26-27-28-29-32-34-37-40-43-46-49-55(58)61-52-53(62-56(59)50-47-44-41-38-35-31-24-21-18-15-12-9-6-3)51-60-54(57)48-45-42-39-36-33-30-23-20-17-14-11-8-5-2/h9,12,15,18,21,24,30,33,53H,4-8,10-11,13-14,16-17,19-20,22-23,25-29,31-32,34-52H2,1-3H3/b12-9-,18-15-,24-21-,33-30-. The van der Waals surface area contributed by atoms with Crippen molar-refractivity contribution < 1.29 is 28.6 Å². The molecule has 0 radical (unpaired) electrons. The van der Waals surface area contributed by atoms with Crippen LogP contribution in [-0.2, 0) is 28.6 Å². The number of rotatable bonds is 48. The van der Waals surface area contributed by atoms with Crippen molar-refractivity contribution in [2.24, 2.45) is 0 Å². The van der Waals surface area contributed by atoms with Crippen molar-refractivity contribution in [1.29, 1.82) is 0 Å². The second kappa shape index (κ2) is 51.0. The molecule has 0 amide bonds. The predicted molar refractivity (Wildman–Crippen MR) is 265 cm³/mol. The largest absolute Gasteiger partial charge is 0.462 e. The Kier molecular flexibility index (Phi) is 48.8. The molecule has 0 aliphatic rings. The van der Waals surface area contributed by atoms with E-state index in [1.165, 1.54) is 135 Å². The third kappa shape index (κ3) is 48.4. The highest BCUT2D eigenvalue weighted by Gasteiger charge is 2.19. The van der Waals surface area contributed by atoms with Gasteiger partial charge in [0.1, 0.15) is 13.2 Å². The topological polar surface area (TPSA) is 78.9 Å². The Bertz CT molecular complexity index is 1090. The lowest BCUT2D eigenvalue weighted by molar-refractivity contribution is -0.167. The minimum atomic E-state index is -0.786. The second-order valence-corrected chi connectivity index (χ2v) is 17.8. The molecule has 6 nitrogen and oxygen atoms in total. The molecule has 0 spiro atoms. The second-order valence-electron chi connectivity index (χ2n) is 17.8.